The minimum absolute atomic E-state index is 0.0177. The highest BCUT2D eigenvalue weighted by Gasteiger charge is 2.32. The Morgan fingerprint density at radius 1 is 0.521 bits per heavy atom. The predicted octanol–water partition coefficient (Wildman–Crippen LogP) is 18.0. The van der Waals surface area contributed by atoms with Crippen LogP contribution in [0.1, 0.15) is 81.7 Å². The lowest BCUT2D eigenvalue weighted by atomic mass is 9.62. The molecule has 0 amide bonds. The molecule has 1 aliphatic rings. The summed E-state index contributed by atoms with van der Waals surface area (Å²) in [4.78, 5) is 0. The summed E-state index contributed by atoms with van der Waals surface area (Å²) < 4.78 is 14.7. The summed E-state index contributed by atoms with van der Waals surface area (Å²) in [5, 5.41) is 12.8. The third-order valence-corrected chi connectivity index (χ3v) is 17.9. The predicted molar refractivity (Wildman–Crippen MR) is 317 cm³/mol. The SMILES string of the molecule is CC(C)(C)c1ccc(Nc2cc3c(cc2-c2ccc4c5cc6c(cc5n5c4c2[B]c2oc4ccc(C(C)(C)C)cc4c2-5)sc2ccccc26)sc2cc(CCC(c4ccccc4)c4ccccc4)ccc23)cc1. The number of nitrogens with one attached hydrogen (secondary N) is 1. The Labute approximate surface area is 435 Å². The van der Waals surface area contributed by atoms with Crippen LogP contribution in [0.3, 0.4) is 0 Å². The molecule has 4 aromatic heterocycles. The highest BCUT2D eigenvalue weighted by Crippen LogP contribution is 2.46. The molecule has 14 rings (SSSR count). The van der Waals surface area contributed by atoms with Gasteiger partial charge in [-0.3, -0.25) is 0 Å². The van der Waals surface area contributed by atoms with Gasteiger partial charge in [-0.05, 0) is 123 Å². The van der Waals surface area contributed by atoms with Gasteiger partial charge in [0.15, 0.2) is 0 Å². The van der Waals surface area contributed by atoms with Crippen LogP contribution in [0.5, 0.6) is 0 Å². The van der Waals surface area contributed by atoms with E-state index in [0.29, 0.717) is 5.92 Å². The number of anilines is 2. The van der Waals surface area contributed by atoms with Gasteiger partial charge in [0, 0.05) is 84.9 Å². The van der Waals surface area contributed by atoms with Crippen molar-refractivity contribution in [2.75, 3.05) is 5.32 Å². The maximum Gasteiger partial charge on any atom is 0.247 e. The van der Waals surface area contributed by atoms with Crippen LogP contribution in [0, 0.1) is 0 Å². The second-order valence-electron chi connectivity index (χ2n) is 22.3. The van der Waals surface area contributed by atoms with Gasteiger partial charge in [-0.2, -0.15) is 0 Å². The van der Waals surface area contributed by atoms with Gasteiger partial charge in [0.1, 0.15) is 5.58 Å². The third-order valence-electron chi connectivity index (χ3n) is 15.6. The van der Waals surface area contributed by atoms with Gasteiger partial charge in [0.25, 0.3) is 0 Å². The highest BCUT2D eigenvalue weighted by atomic mass is 32.1. The Bertz CT molecular complexity index is 4290. The van der Waals surface area contributed by atoms with Crippen molar-refractivity contribution in [2.24, 2.45) is 0 Å². The molecule has 3 nitrogen and oxygen atoms in total. The van der Waals surface area contributed by atoms with Crippen LogP contribution in [0.2, 0.25) is 0 Å². The Morgan fingerprint density at radius 3 is 1.92 bits per heavy atom. The molecule has 13 aromatic rings. The van der Waals surface area contributed by atoms with E-state index < -0.39 is 0 Å². The topological polar surface area (TPSA) is 30.1 Å². The largest absolute Gasteiger partial charge is 0.469 e. The fraction of sp³-hybridized carbons (Fsp3) is 0.164. The number of aryl methyl sites for hydroxylation is 1. The lowest BCUT2D eigenvalue weighted by molar-refractivity contribution is 0.590. The fourth-order valence-corrected chi connectivity index (χ4v) is 14.1. The quantitative estimate of drug-likeness (QED) is 0.154. The number of furan rings is 1. The summed E-state index contributed by atoms with van der Waals surface area (Å²) in [5.74, 6) is 0.330. The molecule has 0 spiro atoms. The minimum Gasteiger partial charge on any atom is -0.469 e. The number of thiophene rings is 2. The monoisotopic (exact) mass is 977 g/mol. The molecule has 353 valence electrons. The summed E-state index contributed by atoms with van der Waals surface area (Å²) in [7, 11) is 2.34. The first-order chi connectivity index (χ1) is 35.4. The number of aromatic nitrogens is 1. The first-order valence-electron chi connectivity index (χ1n) is 25.7. The van der Waals surface area contributed by atoms with Crippen LogP contribution >= 0.6 is 22.7 Å². The highest BCUT2D eigenvalue weighted by molar-refractivity contribution is 7.26. The zero-order chi connectivity index (χ0) is 49.3. The maximum atomic E-state index is 6.97. The number of benzene rings is 9. The van der Waals surface area contributed by atoms with Crippen LogP contribution in [-0.2, 0) is 17.3 Å². The van der Waals surface area contributed by atoms with Gasteiger partial charge < -0.3 is 14.3 Å². The van der Waals surface area contributed by atoms with Crippen molar-refractivity contribution >= 4 is 126 Å². The maximum absolute atomic E-state index is 6.97. The van der Waals surface area contributed by atoms with Crippen molar-refractivity contribution in [3.63, 3.8) is 0 Å². The third kappa shape index (κ3) is 7.36. The van der Waals surface area contributed by atoms with E-state index in [-0.39, 0.29) is 10.8 Å². The molecule has 0 aliphatic carbocycles. The average Bonchev–Trinajstić information content (AvgIpc) is 4.15. The molecule has 0 bridgehead atoms. The molecule has 6 heteroatoms. The van der Waals surface area contributed by atoms with Gasteiger partial charge in [-0.25, -0.2) is 0 Å². The second kappa shape index (κ2) is 16.6. The lowest BCUT2D eigenvalue weighted by Gasteiger charge is -2.22. The Hall–Kier alpha value is -7.38. The summed E-state index contributed by atoms with van der Waals surface area (Å²) in [6, 6.07) is 68.4. The first-order valence-corrected chi connectivity index (χ1v) is 27.4. The number of hydrogen-bond acceptors (Lipinski definition) is 4. The molecular formula is C67H54BN2OS2. The van der Waals surface area contributed by atoms with E-state index in [0.717, 1.165) is 46.5 Å². The van der Waals surface area contributed by atoms with E-state index in [2.05, 4.69) is 241 Å². The zero-order valence-corrected chi connectivity index (χ0v) is 43.7. The second-order valence-corrected chi connectivity index (χ2v) is 24.5. The standard InChI is InChI=1S/C67H54BN2OS2/c1-66(2,3)42-23-26-44(27-24-42)69-55-36-53-47-29-22-39(21-28-45(40-15-9-7-10-16-40)41-17-11-8-12-18-41)33-59(47)73-60(53)37-50(55)48-30-31-49-51-35-52-46-19-13-14-20-58(46)72-61(52)38-56(51)70-63(49)62(48)68-65-64(70)54-34-43(67(4,5)6)25-32-57(54)71-65/h7-20,22-27,29-38,45,69H,21,28H2,1-6H3. The lowest BCUT2D eigenvalue weighted by Crippen LogP contribution is -2.36. The van der Waals surface area contributed by atoms with Gasteiger partial charge in [0.2, 0.25) is 7.28 Å². The van der Waals surface area contributed by atoms with Gasteiger partial charge in [0.05, 0.1) is 16.9 Å². The van der Waals surface area contributed by atoms with Crippen LogP contribution < -0.4 is 16.4 Å². The van der Waals surface area contributed by atoms with Crippen molar-refractivity contribution in [2.45, 2.75) is 71.1 Å². The smallest absolute Gasteiger partial charge is 0.247 e. The number of fused-ring (bicyclic) bond motifs is 13. The Morgan fingerprint density at radius 2 is 1.16 bits per heavy atom. The molecule has 0 unspecified atom stereocenters. The summed E-state index contributed by atoms with van der Waals surface area (Å²) in [6.07, 6.45) is 2.03. The summed E-state index contributed by atoms with van der Waals surface area (Å²) in [6.45, 7) is 13.7. The molecule has 0 saturated heterocycles. The molecule has 73 heavy (non-hydrogen) atoms. The van der Waals surface area contributed by atoms with E-state index >= 15 is 0 Å². The normalized spacial score (nSPS) is 12.9. The molecule has 0 fully saturated rings. The van der Waals surface area contributed by atoms with Gasteiger partial charge >= 0.3 is 0 Å². The first kappa shape index (κ1) is 44.3. The van der Waals surface area contributed by atoms with Crippen LogP contribution in [-0.4, -0.2) is 11.8 Å². The van der Waals surface area contributed by atoms with Crippen LogP contribution in [0.25, 0.3) is 89.9 Å². The van der Waals surface area contributed by atoms with Crippen molar-refractivity contribution in [3.05, 3.63) is 210 Å². The molecule has 0 atom stereocenters. The van der Waals surface area contributed by atoms with Crippen molar-refractivity contribution in [1.29, 1.82) is 0 Å². The van der Waals surface area contributed by atoms with Crippen LogP contribution in [0.15, 0.2) is 186 Å². The Balaban J connectivity index is 0.960. The van der Waals surface area contributed by atoms with E-state index in [4.69, 9.17) is 4.42 Å². The zero-order valence-electron chi connectivity index (χ0n) is 42.1. The molecule has 5 heterocycles. The molecule has 1 N–H and O–H groups in total. The van der Waals surface area contributed by atoms with Gasteiger partial charge in [-0.1, -0.05) is 163 Å². The van der Waals surface area contributed by atoms with E-state index in [1.54, 1.807) is 0 Å². The van der Waals surface area contributed by atoms with Crippen LogP contribution in [0.4, 0.5) is 11.4 Å². The fourth-order valence-electron chi connectivity index (χ4n) is 11.8. The van der Waals surface area contributed by atoms with Gasteiger partial charge in [-0.15, -0.1) is 22.7 Å². The molecule has 0 saturated carbocycles. The number of nitrogens with zero attached hydrogens (tertiary/aromatic N) is 1. The summed E-state index contributed by atoms with van der Waals surface area (Å²) in [5.41, 5.74) is 17.8. The molecule has 1 radical (unpaired) electrons. The van der Waals surface area contributed by atoms with Crippen molar-refractivity contribution in [3.8, 4) is 16.8 Å². The average molecular weight is 978 g/mol. The summed E-state index contributed by atoms with van der Waals surface area (Å²) >= 11 is 3.79. The van der Waals surface area contributed by atoms with E-state index in [9.17, 15) is 0 Å². The van der Waals surface area contributed by atoms with E-state index in [1.807, 2.05) is 22.7 Å². The Kier molecular flexibility index (Phi) is 10.1. The molecule has 9 aromatic carbocycles. The minimum atomic E-state index is -0.0177. The molecule has 1 aliphatic heterocycles. The number of hydrogen-bond donors (Lipinski definition) is 1. The number of rotatable bonds is 8. The molecular weight excluding hydrogens is 924 g/mol. The van der Waals surface area contributed by atoms with Crippen molar-refractivity contribution < 1.29 is 4.42 Å². The van der Waals surface area contributed by atoms with E-state index in [1.165, 1.54) is 107 Å². The van der Waals surface area contributed by atoms with Crippen molar-refractivity contribution in [1.82, 2.24) is 4.57 Å².